The highest BCUT2D eigenvalue weighted by Crippen LogP contribution is 2.41. The number of rotatable bonds is 1. The van der Waals surface area contributed by atoms with E-state index in [1.165, 1.54) is 0 Å². The van der Waals surface area contributed by atoms with Crippen molar-refractivity contribution in [1.29, 1.82) is 0 Å². The number of ether oxygens (including phenoxy) is 1. The summed E-state index contributed by atoms with van der Waals surface area (Å²) >= 11 is 0. The summed E-state index contributed by atoms with van der Waals surface area (Å²) < 4.78 is 5.22. The second kappa shape index (κ2) is 2.24. The molecule has 2 heteroatoms. The van der Waals surface area contributed by atoms with E-state index >= 15 is 0 Å². The number of hydrogen-bond acceptors (Lipinski definition) is 2. The number of para-hydroxylation sites is 1. The van der Waals surface area contributed by atoms with Gasteiger partial charge in [-0.15, -0.1) is 0 Å². The number of phenolic OH excluding ortho intramolecular Hbond substituents is 1. The summed E-state index contributed by atoms with van der Waals surface area (Å²) in [6.07, 6.45) is 0.388. The third-order valence-corrected chi connectivity index (χ3v) is 1.95. The number of hydrogen-bond donors (Lipinski definition) is 1. The first-order valence-corrected chi connectivity index (χ1v) is 3.72. The van der Waals surface area contributed by atoms with Crippen LogP contribution in [0, 0.1) is 0 Å². The van der Waals surface area contributed by atoms with Crippen molar-refractivity contribution in [1.82, 2.24) is 0 Å². The summed E-state index contributed by atoms with van der Waals surface area (Å²) in [6, 6.07) is 7.29. The van der Waals surface area contributed by atoms with Gasteiger partial charge in [0, 0.05) is 5.56 Å². The highest BCUT2D eigenvalue weighted by Gasteiger charge is 2.37. The summed E-state index contributed by atoms with van der Waals surface area (Å²) in [4.78, 5) is 0. The smallest absolute Gasteiger partial charge is 0.121 e. The van der Waals surface area contributed by atoms with Gasteiger partial charge in [-0.3, -0.25) is 0 Å². The maximum absolute atomic E-state index is 9.36. The van der Waals surface area contributed by atoms with Crippen LogP contribution < -0.4 is 0 Å². The third kappa shape index (κ3) is 1.10. The fourth-order valence-corrected chi connectivity index (χ4v) is 1.24. The van der Waals surface area contributed by atoms with Gasteiger partial charge in [0.2, 0.25) is 0 Å². The summed E-state index contributed by atoms with van der Waals surface area (Å²) in [7, 11) is 0. The van der Waals surface area contributed by atoms with E-state index in [0.717, 1.165) is 5.56 Å². The molecule has 0 aromatic heterocycles. The number of phenols is 1. The zero-order valence-corrected chi connectivity index (χ0v) is 6.32. The predicted octanol–water partition coefficient (Wildman–Crippen LogP) is 1.85. The van der Waals surface area contributed by atoms with E-state index in [9.17, 15) is 5.11 Å². The number of benzene rings is 1. The van der Waals surface area contributed by atoms with Crippen LogP contribution in [0.5, 0.6) is 5.75 Å². The van der Waals surface area contributed by atoms with Crippen molar-refractivity contribution < 1.29 is 9.84 Å². The third-order valence-electron chi connectivity index (χ3n) is 1.95. The molecule has 0 radical (unpaired) electrons. The molecule has 1 fully saturated rings. The molecule has 0 aliphatic carbocycles. The van der Waals surface area contributed by atoms with E-state index < -0.39 is 0 Å². The monoisotopic (exact) mass is 150 g/mol. The molecule has 0 amide bonds. The molecule has 1 aliphatic heterocycles. The molecule has 0 bridgehead atoms. The average molecular weight is 150 g/mol. The zero-order chi connectivity index (χ0) is 7.84. The van der Waals surface area contributed by atoms with Gasteiger partial charge < -0.3 is 9.84 Å². The number of epoxide rings is 1. The van der Waals surface area contributed by atoms with Crippen LogP contribution in [0.4, 0.5) is 0 Å². The molecule has 1 saturated heterocycles. The first-order chi connectivity index (χ1) is 5.29. The Balaban J connectivity index is 2.31. The summed E-state index contributed by atoms with van der Waals surface area (Å²) in [5.74, 6) is 0.335. The van der Waals surface area contributed by atoms with Gasteiger partial charge in [0.15, 0.2) is 0 Å². The summed E-state index contributed by atoms with van der Waals surface area (Å²) in [5, 5.41) is 9.36. The largest absolute Gasteiger partial charge is 0.508 e. The first-order valence-electron chi connectivity index (χ1n) is 3.72. The fraction of sp³-hybridized carbons (Fsp3) is 0.333. The normalized spacial score (nSPS) is 28.5. The topological polar surface area (TPSA) is 32.8 Å². The van der Waals surface area contributed by atoms with Gasteiger partial charge in [-0.05, 0) is 13.0 Å². The Hall–Kier alpha value is -1.02. The Bertz CT molecular complexity index is 270. The van der Waals surface area contributed by atoms with Crippen molar-refractivity contribution in [2.24, 2.45) is 0 Å². The van der Waals surface area contributed by atoms with Crippen LogP contribution in [0.25, 0.3) is 0 Å². The van der Waals surface area contributed by atoms with Crippen molar-refractivity contribution in [3.05, 3.63) is 29.8 Å². The van der Waals surface area contributed by atoms with E-state index in [2.05, 4.69) is 0 Å². The summed E-state index contributed by atoms with van der Waals surface area (Å²) in [5.41, 5.74) is 0.903. The molecule has 0 unspecified atom stereocenters. The minimum atomic E-state index is 0.121. The van der Waals surface area contributed by atoms with Gasteiger partial charge in [-0.1, -0.05) is 18.2 Å². The molecule has 1 aliphatic rings. The van der Waals surface area contributed by atoms with E-state index in [4.69, 9.17) is 4.74 Å². The first kappa shape index (κ1) is 6.68. The van der Waals surface area contributed by atoms with Crippen LogP contribution in [0.3, 0.4) is 0 Å². The van der Waals surface area contributed by atoms with Gasteiger partial charge in [-0.25, -0.2) is 0 Å². The average Bonchev–Trinajstić information content (AvgIpc) is 2.68. The SMILES string of the molecule is C[C@@H]1O[C@@H]1c1ccccc1O. The quantitative estimate of drug-likeness (QED) is 0.620. The standard InChI is InChI=1S/C9H10O2/c1-6-9(11-6)7-4-2-3-5-8(7)10/h2-6,9-10H,1H3/t6-,9-/m0/s1. The van der Waals surface area contributed by atoms with Crippen molar-refractivity contribution in [2.75, 3.05) is 0 Å². The Morgan fingerprint density at radius 2 is 2.00 bits per heavy atom. The second-order valence-electron chi connectivity index (χ2n) is 2.82. The maximum atomic E-state index is 9.36. The Labute approximate surface area is 65.4 Å². The molecule has 1 N–H and O–H groups in total. The minimum Gasteiger partial charge on any atom is -0.508 e. The van der Waals surface area contributed by atoms with Crippen LogP contribution in [0.2, 0.25) is 0 Å². The van der Waals surface area contributed by atoms with Crippen LogP contribution in [0.1, 0.15) is 18.6 Å². The van der Waals surface area contributed by atoms with Crippen LogP contribution in [-0.2, 0) is 4.74 Å². The highest BCUT2D eigenvalue weighted by molar-refractivity contribution is 5.36. The van der Waals surface area contributed by atoms with Crippen LogP contribution >= 0.6 is 0 Å². The Morgan fingerprint density at radius 1 is 1.36 bits per heavy atom. The van der Waals surface area contributed by atoms with Crippen molar-refractivity contribution in [2.45, 2.75) is 19.1 Å². The minimum absolute atomic E-state index is 0.121. The Morgan fingerprint density at radius 3 is 2.55 bits per heavy atom. The number of aromatic hydroxyl groups is 1. The summed E-state index contributed by atoms with van der Waals surface area (Å²) in [6.45, 7) is 2.00. The maximum Gasteiger partial charge on any atom is 0.121 e. The highest BCUT2D eigenvalue weighted by atomic mass is 16.6. The second-order valence-corrected chi connectivity index (χ2v) is 2.82. The molecule has 2 rings (SSSR count). The molecule has 1 aromatic rings. The lowest BCUT2D eigenvalue weighted by atomic mass is 10.1. The molecule has 1 heterocycles. The molecular weight excluding hydrogens is 140 g/mol. The van der Waals surface area contributed by atoms with Gasteiger partial charge in [0.25, 0.3) is 0 Å². The van der Waals surface area contributed by atoms with E-state index in [1.54, 1.807) is 6.07 Å². The molecular formula is C9H10O2. The van der Waals surface area contributed by atoms with Crippen molar-refractivity contribution >= 4 is 0 Å². The molecule has 0 saturated carbocycles. The van der Waals surface area contributed by atoms with Gasteiger partial charge in [0.05, 0.1) is 6.10 Å². The van der Waals surface area contributed by atoms with Gasteiger partial charge in [-0.2, -0.15) is 0 Å². The van der Waals surface area contributed by atoms with E-state index in [0.29, 0.717) is 5.75 Å². The van der Waals surface area contributed by atoms with Crippen molar-refractivity contribution in [3.8, 4) is 5.75 Å². The lowest BCUT2D eigenvalue weighted by molar-refractivity contribution is 0.375. The molecule has 58 valence electrons. The van der Waals surface area contributed by atoms with E-state index in [-0.39, 0.29) is 12.2 Å². The predicted molar refractivity (Wildman–Crippen MR) is 41.4 cm³/mol. The molecule has 2 atom stereocenters. The molecule has 1 aromatic carbocycles. The molecule has 0 spiro atoms. The molecule has 11 heavy (non-hydrogen) atoms. The zero-order valence-electron chi connectivity index (χ0n) is 6.32. The van der Waals surface area contributed by atoms with E-state index in [1.807, 2.05) is 25.1 Å². The van der Waals surface area contributed by atoms with Crippen LogP contribution in [0.15, 0.2) is 24.3 Å². The molecule has 2 nitrogen and oxygen atoms in total. The Kier molecular flexibility index (Phi) is 1.36. The van der Waals surface area contributed by atoms with Crippen LogP contribution in [-0.4, -0.2) is 11.2 Å². The van der Waals surface area contributed by atoms with Crippen molar-refractivity contribution in [3.63, 3.8) is 0 Å². The van der Waals surface area contributed by atoms with Gasteiger partial charge >= 0.3 is 0 Å². The lowest BCUT2D eigenvalue weighted by Crippen LogP contribution is -1.83. The lowest BCUT2D eigenvalue weighted by Gasteiger charge is -1.97. The fourth-order valence-electron chi connectivity index (χ4n) is 1.24. The van der Waals surface area contributed by atoms with Gasteiger partial charge in [0.1, 0.15) is 11.9 Å².